The topological polar surface area (TPSA) is 24.9 Å². The molecule has 1 atom stereocenters. The first-order valence-electron chi connectivity index (χ1n) is 7.66. The average molecular weight is 365 g/mol. The van der Waals surface area contributed by atoms with Crippen molar-refractivity contribution in [2.24, 2.45) is 0 Å². The largest absolute Gasteiger partial charge is 0.316 e. The second-order valence-electron chi connectivity index (χ2n) is 5.68. The van der Waals surface area contributed by atoms with Crippen molar-refractivity contribution in [3.8, 4) is 10.6 Å². The summed E-state index contributed by atoms with van der Waals surface area (Å²) in [7, 11) is 0. The standard InChI is InChI=1S/C17H21BrN2S/c1-3-19-10-12-5-4-6-15-16(12)20-17(21-15)14-8-7-13(18)9-11(14)2/h7-9,12,19H,3-6,10H2,1-2H3. The van der Waals surface area contributed by atoms with E-state index in [-0.39, 0.29) is 0 Å². The fraction of sp³-hybridized carbons (Fsp3) is 0.471. The molecule has 1 aliphatic rings. The molecule has 1 heterocycles. The SMILES string of the molecule is CCNCC1CCCc2sc(-c3ccc(Br)cc3C)nc21. The van der Waals surface area contributed by atoms with Crippen LogP contribution in [-0.4, -0.2) is 18.1 Å². The molecule has 1 aliphatic carbocycles. The Hall–Kier alpha value is -0.710. The Morgan fingerprint density at radius 2 is 2.29 bits per heavy atom. The van der Waals surface area contributed by atoms with Gasteiger partial charge in [0.1, 0.15) is 5.01 Å². The highest BCUT2D eigenvalue weighted by Crippen LogP contribution is 2.39. The lowest BCUT2D eigenvalue weighted by molar-refractivity contribution is 0.509. The van der Waals surface area contributed by atoms with Crippen LogP contribution in [0.1, 0.15) is 41.8 Å². The van der Waals surface area contributed by atoms with E-state index in [1.807, 2.05) is 11.3 Å². The molecule has 0 radical (unpaired) electrons. The van der Waals surface area contributed by atoms with E-state index in [9.17, 15) is 0 Å². The molecule has 0 amide bonds. The highest BCUT2D eigenvalue weighted by atomic mass is 79.9. The van der Waals surface area contributed by atoms with E-state index in [1.54, 1.807) is 0 Å². The summed E-state index contributed by atoms with van der Waals surface area (Å²) >= 11 is 5.43. The van der Waals surface area contributed by atoms with Crippen molar-refractivity contribution >= 4 is 27.3 Å². The number of aromatic nitrogens is 1. The van der Waals surface area contributed by atoms with Gasteiger partial charge in [-0.05, 0) is 50.4 Å². The van der Waals surface area contributed by atoms with Crippen LogP contribution in [0.2, 0.25) is 0 Å². The summed E-state index contributed by atoms with van der Waals surface area (Å²) < 4.78 is 1.13. The van der Waals surface area contributed by atoms with Gasteiger partial charge in [-0.15, -0.1) is 11.3 Å². The van der Waals surface area contributed by atoms with Crippen molar-refractivity contribution in [2.75, 3.05) is 13.1 Å². The minimum Gasteiger partial charge on any atom is -0.316 e. The third-order valence-corrected chi connectivity index (χ3v) is 5.79. The third kappa shape index (κ3) is 3.22. The number of aryl methyl sites for hydroxylation is 2. The molecule has 3 rings (SSSR count). The van der Waals surface area contributed by atoms with Gasteiger partial charge in [-0.3, -0.25) is 0 Å². The molecule has 0 bridgehead atoms. The molecule has 0 aliphatic heterocycles. The smallest absolute Gasteiger partial charge is 0.124 e. The number of hydrogen-bond donors (Lipinski definition) is 1. The minimum atomic E-state index is 0.592. The molecule has 1 aromatic heterocycles. The maximum Gasteiger partial charge on any atom is 0.124 e. The fourth-order valence-electron chi connectivity index (χ4n) is 3.01. The van der Waals surface area contributed by atoms with E-state index < -0.39 is 0 Å². The zero-order valence-corrected chi connectivity index (χ0v) is 15.0. The van der Waals surface area contributed by atoms with E-state index in [4.69, 9.17) is 4.98 Å². The molecule has 2 aromatic rings. The van der Waals surface area contributed by atoms with E-state index in [1.165, 1.54) is 46.0 Å². The maximum atomic E-state index is 5.01. The number of thiazole rings is 1. The van der Waals surface area contributed by atoms with Gasteiger partial charge in [-0.1, -0.05) is 28.9 Å². The van der Waals surface area contributed by atoms with Gasteiger partial charge in [0, 0.05) is 27.4 Å². The summed E-state index contributed by atoms with van der Waals surface area (Å²) in [6.07, 6.45) is 3.76. The van der Waals surface area contributed by atoms with E-state index in [2.05, 4.69) is 53.3 Å². The summed E-state index contributed by atoms with van der Waals surface area (Å²) in [6, 6.07) is 6.47. The van der Waals surface area contributed by atoms with Crippen LogP contribution < -0.4 is 5.32 Å². The molecular formula is C17H21BrN2S. The first-order valence-corrected chi connectivity index (χ1v) is 9.26. The molecule has 0 saturated heterocycles. The molecule has 4 heteroatoms. The van der Waals surface area contributed by atoms with Crippen molar-refractivity contribution in [1.29, 1.82) is 0 Å². The van der Waals surface area contributed by atoms with Gasteiger partial charge in [0.2, 0.25) is 0 Å². The second-order valence-corrected chi connectivity index (χ2v) is 7.68. The van der Waals surface area contributed by atoms with Crippen LogP contribution in [0.3, 0.4) is 0 Å². The number of rotatable bonds is 4. The van der Waals surface area contributed by atoms with Gasteiger partial charge in [-0.25, -0.2) is 4.98 Å². The molecule has 0 fully saturated rings. The summed E-state index contributed by atoms with van der Waals surface area (Å²) in [5.41, 5.74) is 3.92. The Morgan fingerprint density at radius 3 is 3.05 bits per heavy atom. The van der Waals surface area contributed by atoms with Gasteiger partial charge in [0.15, 0.2) is 0 Å². The van der Waals surface area contributed by atoms with E-state index in [0.29, 0.717) is 5.92 Å². The van der Waals surface area contributed by atoms with Gasteiger partial charge < -0.3 is 5.32 Å². The van der Waals surface area contributed by atoms with Gasteiger partial charge in [0.05, 0.1) is 5.69 Å². The van der Waals surface area contributed by atoms with Crippen molar-refractivity contribution in [2.45, 2.75) is 39.0 Å². The Labute approximate surface area is 139 Å². The van der Waals surface area contributed by atoms with Crippen LogP contribution in [0, 0.1) is 6.92 Å². The number of benzene rings is 1. The summed E-state index contributed by atoms with van der Waals surface area (Å²) in [5, 5.41) is 4.67. The maximum absolute atomic E-state index is 5.01. The summed E-state index contributed by atoms with van der Waals surface area (Å²) in [5.74, 6) is 0.592. The fourth-order valence-corrected chi connectivity index (χ4v) is 4.76. The van der Waals surface area contributed by atoms with Gasteiger partial charge >= 0.3 is 0 Å². The van der Waals surface area contributed by atoms with E-state index >= 15 is 0 Å². The van der Waals surface area contributed by atoms with Crippen molar-refractivity contribution < 1.29 is 0 Å². The molecule has 21 heavy (non-hydrogen) atoms. The van der Waals surface area contributed by atoms with Gasteiger partial charge in [0.25, 0.3) is 0 Å². The highest BCUT2D eigenvalue weighted by molar-refractivity contribution is 9.10. The quantitative estimate of drug-likeness (QED) is 0.833. The van der Waals surface area contributed by atoms with Crippen LogP contribution in [-0.2, 0) is 6.42 Å². The minimum absolute atomic E-state index is 0.592. The zero-order chi connectivity index (χ0) is 14.8. The van der Waals surface area contributed by atoms with Crippen LogP contribution in [0.25, 0.3) is 10.6 Å². The number of hydrogen-bond acceptors (Lipinski definition) is 3. The number of nitrogens with zero attached hydrogens (tertiary/aromatic N) is 1. The first-order chi connectivity index (χ1) is 10.2. The first kappa shape index (κ1) is 15.2. The van der Waals surface area contributed by atoms with Crippen LogP contribution >= 0.6 is 27.3 Å². The molecule has 112 valence electrons. The van der Waals surface area contributed by atoms with E-state index in [0.717, 1.165) is 17.6 Å². The summed E-state index contributed by atoms with van der Waals surface area (Å²) in [4.78, 5) is 6.51. The number of halogens is 1. The lowest BCUT2D eigenvalue weighted by Crippen LogP contribution is -2.23. The van der Waals surface area contributed by atoms with Gasteiger partial charge in [-0.2, -0.15) is 0 Å². The molecular weight excluding hydrogens is 344 g/mol. The molecule has 1 unspecified atom stereocenters. The Bertz CT molecular complexity index is 636. The Kier molecular flexibility index (Phi) is 4.77. The molecule has 0 spiro atoms. The molecule has 2 nitrogen and oxygen atoms in total. The average Bonchev–Trinajstić information content (AvgIpc) is 2.89. The lowest BCUT2D eigenvalue weighted by Gasteiger charge is -2.21. The number of likely N-dealkylation sites (N-methyl/N-ethyl adjacent to an activating group) is 1. The third-order valence-electron chi connectivity index (χ3n) is 4.13. The monoisotopic (exact) mass is 364 g/mol. The second kappa shape index (κ2) is 6.59. The predicted molar refractivity (Wildman–Crippen MR) is 94.2 cm³/mol. The lowest BCUT2D eigenvalue weighted by atomic mass is 9.91. The number of fused-ring (bicyclic) bond motifs is 1. The molecule has 1 N–H and O–H groups in total. The predicted octanol–water partition coefficient (Wildman–Crippen LogP) is 4.91. The normalized spacial score (nSPS) is 17.8. The molecule has 0 saturated carbocycles. The van der Waals surface area contributed by atoms with Crippen molar-refractivity contribution in [3.63, 3.8) is 0 Å². The zero-order valence-electron chi connectivity index (χ0n) is 12.6. The number of nitrogens with one attached hydrogen (secondary N) is 1. The summed E-state index contributed by atoms with van der Waals surface area (Å²) in [6.45, 7) is 6.43. The van der Waals surface area contributed by atoms with Crippen molar-refractivity contribution in [3.05, 3.63) is 38.8 Å². The van der Waals surface area contributed by atoms with Crippen LogP contribution in [0.4, 0.5) is 0 Å². The van der Waals surface area contributed by atoms with Crippen LogP contribution in [0.15, 0.2) is 22.7 Å². The Balaban J connectivity index is 1.94. The Morgan fingerprint density at radius 1 is 1.43 bits per heavy atom. The van der Waals surface area contributed by atoms with Crippen molar-refractivity contribution in [1.82, 2.24) is 10.3 Å². The molecule has 1 aromatic carbocycles. The highest BCUT2D eigenvalue weighted by Gasteiger charge is 2.25. The van der Waals surface area contributed by atoms with Crippen LogP contribution in [0.5, 0.6) is 0 Å².